The first-order valence-corrected chi connectivity index (χ1v) is 11.3. The molecule has 0 radical (unpaired) electrons. The Morgan fingerprint density at radius 1 is 1.33 bits per heavy atom. The quantitative estimate of drug-likeness (QED) is 0.363. The van der Waals surface area contributed by atoms with Crippen LogP contribution in [0.15, 0.2) is 29.3 Å². The van der Waals surface area contributed by atoms with Gasteiger partial charge < -0.3 is 14.6 Å². The van der Waals surface area contributed by atoms with Crippen LogP contribution in [0.25, 0.3) is 17.0 Å². The minimum Gasteiger partial charge on any atom is -0.385 e. The first-order valence-electron chi connectivity index (χ1n) is 10.1. The molecule has 1 aliphatic rings. The molecule has 0 aliphatic carbocycles. The van der Waals surface area contributed by atoms with E-state index in [9.17, 15) is 9.59 Å². The fourth-order valence-corrected chi connectivity index (χ4v) is 4.93. The maximum atomic E-state index is 12.6. The summed E-state index contributed by atoms with van der Waals surface area (Å²) in [4.78, 5) is 27.3. The number of nitrogens with one attached hydrogen (secondary N) is 1. The van der Waals surface area contributed by atoms with Gasteiger partial charge in [-0.2, -0.15) is 0 Å². The molecule has 160 valence electrons. The second-order valence-corrected chi connectivity index (χ2v) is 8.68. The summed E-state index contributed by atoms with van der Waals surface area (Å²) in [6.07, 6.45) is 5.48. The number of aryl methyl sites for hydroxylation is 1. The van der Waals surface area contributed by atoms with Crippen molar-refractivity contribution in [2.45, 2.75) is 33.2 Å². The Bertz CT molecular complexity index is 997. The maximum Gasteiger partial charge on any atom is 0.266 e. The normalized spacial score (nSPS) is 15.6. The molecule has 1 saturated heterocycles. The van der Waals surface area contributed by atoms with Crippen LogP contribution in [-0.2, 0) is 27.3 Å². The van der Waals surface area contributed by atoms with Gasteiger partial charge in [-0.3, -0.25) is 14.5 Å². The standard InChI is InChI=1S/C22H27N3O3S2/c1-4-15-8-6-9-17-16(12-18-21(27)25(5-2)22(29)30-18)13-24(20(15)17)14-19(26)23-10-7-11-28-3/h6,8-9,12-13H,4-5,7,10-11,14H2,1-3H3,(H,23,26)/b18-12-. The SMILES string of the molecule is CCc1cccc2c(/C=C3\SC(=S)N(CC)C3=O)cn(CC(=O)NCCCOC)c12. The summed E-state index contributed by atoms with van der Waals surface area (Å²) in [5, 5.41) is 3.97. The van der Waals surface area contributed by atoms with Crippen molar-refractivity contribution in [1.82, 2.24) is 14.8 Å². The van der Waals surface area contributed by atoms with E-state index in [2.05, 4.69) is 18.3 Å². The second-order valence-electron chi connectivity index (χ2n) is 7.00. The van der Waals surface area contributed by atoms with Crippen molar-refractivity contribution in [3.05, 3.63) is 40.4 Å². The van der Waals surface area contributed by atoms with Gasteiger partial charge in [-0.1, -0.05) is 49.1 Å². The molecule has 1 aromatic carbocycles. The molecule has 0 atom stereocenters. The smallest absolute Gasteiger partial charge is 0.266 e. The van der Waals surface area contributed by atoms with Crippen LogP contribution in [0.3, 0.4) is 0 Å². The summed E-state index contributed by atoms with van der Waals surface area (Å²) in [7, 11) is 1.65. The number of nitrogens with zero attached hydrogens (tertiary/aromatic N) is 2. The predicted octanol–water partition coefficient (Wildman–Crippen LogP) is 3.58. The van der Waals surface area contributed by atoms with Crippen molar-refractivity contribution in [2.24, 2.45) is 0 Å². The number of rotatable bonds is 9. The molecule has 0 spiro atoms. The lowest BCUT2D eigenvalue weighted by Gasteiger charge is -2.09. The van der Waals surface area contributed by atoms with E-state index in [0.29, 0.717) is 28.9 Å². The van der Waals surface area contributed by atoms with Crippen molar-refractivity contribution in [3.63, 3.8) is 0 Å². The number of thiocarbonyl (C=S) groups is 1. The molecular formula is C22H27N3O3S2. The number of carbonyl (C=O) groups is 2. The molecule has 1 N–H and O–H groups in total. The average Bonchev–Trinajstić information content (AvgIpc) is 3.21. The van der Waals surface area contributed by atoms with Crippen LogP contribution < -0.4 is 5.32 Å². The lowest BCUT2D eigenvalue weighted by Crippen LogP contribution is -2.28. The van der Waals surface area contributed by atoms with Crippen LogP contribution in [0.2, 0.25) is 0 Å². The van der Waals surface area contributed by atoms with Crippen LogP contribution in [0.1, 0.15) is 31.4 Å². The Labute approximate surface area is 186 Å². The first kappa shape index (κ1) is 22.5. The number of methoxy groups -OCH3 is 1. The van der Waals surface area contributed by atoms with E-state index >= 15 is 0 Å². The number of thioether (sulfide) groups is 1. The molecule has 3 rings (SSSR count). The summed E-state index contributed by atoms with van der Waals surface area (Å²) < 4.78 is 7.59. The zero-order valence-electron chi connectivity index (χ0n) is 17.6. The molecule has 0 saturated carbocycles. The Morgan fingerprint density at radius 2 is 2.13 bits per heavy atom. The number of likely N-dealkylation sites (N-methyl/N-ethyl adjacent to an activating group) is 1. The highest BCUT2D eigenvalue weighted by molar-refractivity contribution is 8.26. The molecule has 1 aromatic heterocycles. The van der Waals surface area contributed by atoms with Gasteiger partial charge in [0.1, 0.15) is 10.9 Å². The molecule has 1 aliphatic heterocycles. The predicted molar refractivity (Wildman–Crippen MR) is 126 cm³/mol. The fourth-order valence-electron chi connectivity index (χ4n) is 3.56. The molecule has 0 unspecified atom stereocenters. The summed E-state index contributed by atoms with van der Waals surface area (Å²) in [6.45, 7) is 6.00. The Kier molecular flexibility index (Phi) is 7.69. The topological polar surface area (TPSA) is 63.6 Å². The van der Waals surface area contributed by atoms with Crippen LogP contribution in [-0.4, -0.2) is 52.4 Å². The van der Waals surface area contributed by atoms with E-state index in [1.54, 1.807) is 12.0 Å². The number of ether oxygens (including phenoxy) is 1. The average molecular weight is 446 g/mol. The van der Waals surface area contributed by atoms with Gasteiger partial charge in [0, 0.05) is 44.0 Å². The second kappa shape index (κ2) is 10.2. The fraction of sp³-hybridized carbons (Fsp3) is 0.409. The summed E-state index contributed by atoms with van der Waals surface area (Å²) >= 11 is 6.65. The van der Waals surface area contributed by atoms with Crippen LogP contribution >= 0.6 is 24.0 Å². The molecule has 30 heavy (non-hydrogen) atoms. The van der Waals surface area contributed by atoms with Gasteiger partial charge in [-0.05, 0) is 31.4 Å². The number of hydrogen-bond donors (Lipinski definition) is 1. The van der Waals surface area contributed by atoms with Gasteiger partial charge in [0.2, 0.25) is 5.91 Å². The lowest BCUT2D eigenvalue weighted by atomic mass is 10.1. The molecule has 6 nitrogen and oxygen atoms in total. The summed E-state index contributed by atoms with van der Waals surface area (Å²) in [6, 6.07) is 6.13. The van der Waals surface area contributed by atoms with Crippen LogP contribution in [0, 0.1) is 0 Å². The molecule has 2 amide bonds. The monoisotopic (exact) mass is 445 g/mol. The molecular weight excluding hydrogens is 418 g/mol. The molecule has 1 fully saturated rings. The number of amides is 2. The molecule has 2 aromatic rings. The van der Waals surface area contributed by atoms with Gasteiger partial charge in [0.25, 0.3) is 5.91 Å². The van der Waals surface area contributed by atoms with E-state index in [1.165, 1.54) is 17.3 Å². The highest BCUT2D eigenvalue weighted by Gasteiger charge is 2.31. The lowest BCUT2D eigenvalue weighted by molar-refractivity contribution is -0.122. The van der Waals surface area contributed by atoms with Crippen molar-refractivity contribution < 1.29 is 14.3 Å². The van der Waals surface area contributed by atoms with Crippen molar-refractivity contribution in [1.29, 1.82) is 0 Å². The van der Waals surface area contributed by atoms with Crippen LogP contribution in [0.4, 0.5) is 0 Å². The van der Waals surface area contributed by atoms with Crippen LogP contribution in [0.5, 0.6) is 0 Å². The highest BCUT2D eigenvalue weighted by Crippen LogP contribution is 2.34. The zero-order chi connectivity index (χ0) is 21.7. The third-order valence-electron chi connectivity index (χ3n) is 5.03. The minimum atomic E-state index is -0.0593. The van der Waals surface area contributed by atoms with E-state index in [1.807, 2.05) is 35.9 Å². The van der Waals surface area contributed by atoms with Crippen molar-refractivity contribution >= 4 is 57.1 Å². The Hall–Kier alpha value is -2.16. The zero-order valence-corrected chi connectivity index (χ0v) is 19.2. The van der Waals surface area contributed by atoms with E-state index in [4.69, 9.17) is 17.0 Å². The number of carbonyl (C=O) groups excluding carboxylic acids is 2. The van der Waals surface area contributed by atoms with Gasteiger partial charge in [-0.25, -0.2) is 0 Å². The maximum absolute atomic E-state index is 12.6. The number of hydrogen-bond acceptors (Lipinski definition) is 5. The molecule has 2 heterocycles. The molecule has 0 bridgehead atoms. The number of para-hydroxylation sites is 1. The van der Waals surface area contributed by atoms with E-state index in [-0.39, 0.29) is 18.4 Å². The van der Waals surface area contributed by atoms with Gasteiger partial charge in [0.15, 0.2) is 0 Å². The van der Waals surface area contributed by atoms with Gasteiger partial charge >= 0.3 is 0 Å². The number of aromatic nitrogens is 1. The summed E-state index contributed by atoms with van der Waals surface area (Å²) in [5.41, 5.74) is 3.12. The molecule has 8 heteroatoms. The number of fused-ring (bicyclic) bond motifs is 1. The Balaban J connectivity index is 1.93. The first-order chi connectivity index (χ1) is 14.5. The van der Waals surface area contributed by atoms with Crippen molar-refractivity contribution in [3.8, 4) is 0 Å². The van der Waals surface area contributed by atoms with Crippen molar-refractivity contribution in [2.75, 3.05) is 26.8 Å². The third kappa shape index (κ3) is 4.77. The third-order valence-corrected chi connectivity index (χ3v) is 6.41. The van der Waals surface area contributed by atoms with E-state index in [0.717, 1.165) is 29.3 Å². The van der Waals surface area contributed by atoms with Gasteiger partial charge in [-0.15, -0.1) is 0 Å². The van der Waals surface area contributed by atoms with E-state index < -0.39 is 0 Å². The van der Waals surface area contributed by atoms with Gasteiger partial charge in [0.05, 0.1) is 10.4 Å². The number of benzene rings is 1. The summed E-state index contributed by atoms with van der Waals surface area (Å²) in [5.74, 6) is -0.103. The highest BCUT2D eigenvalue weighted by atomic mass is 32.2. The Morgan fingerprint density at radius 3 is 2.80 bits per heavy atom. The minimum absolute atomic E-state index is 0.0437. The largest absolute Gasteiger partial charge is 0.385 e.